The second-order valence-electron chi connectivity index (χ2n) is 5.64. The molecule has 0 aliphatic carbocycles. The largest absolute Gasteiger partial charge is 0.455 e. The molecule has 1 aliphatic rings. The van der Waals surface area contributed by atoms with Gasteiger partial charge in [0.1, 0.15) is 6.10 Å². The first-order valence-electron chi connectivity index (χ1n) is 7.86. The van der Waals surface area contributed by atoms with E-state index in [-0.39, 0.29) is 13.2 Å². The molecule has 0 amide bonds. The van der Waals surface area contributed by atoms with Gasteiger partial charge in [-0.25, -0.2) is 9.18 Å². The Kier molecular flexibility index (Phi) is 5.56. The van der Waals surface area contributed by atoms with Crippen LogP contribution in [-0.2, 0) is 32.2 Å². The van der Waals surface area contributed by atoms with Gasteiger partial charge in [-0.2, -0.15) is 0 Å². The molecule has 24 heavy (non-hydrogen) atoms. The van der Waals surface area contributed by atoms with E-state index in [4.69, 9.17) is 14.2 Å². The Morgan fingerprint density at radius 1 is 0.917 bits per heavy atom. The molecule has 4 nitrogen and oxygen atoms in total. The number of rotatable bonds is 7. The van der Waals surface area contributed by atoms with E-state index in [2.05, 4.69) is 0 Å². The fraction of sp³-hybridized carbons (Fsp3) is 0.316. The lowest BCUT2D eigenvalue weighted by atomic mass is 10.1. The standard InChI is InChI=1S/C19H19FO4/c20-17-18(23-12-15-9-5-2-6-10-15)16(24-19(17)21)13-22-11-14-7-3-1-4-8-14/h1-10,16-18H,11-13H2/t16-,17+,18-/m1/s1. The number of esters is 1. The van der Waals surface area contributed by atoms with Crippen LogP contribution in [0.25, 0.3) is 0 Å². The Labute approximate surface area is 140 Å². The molecule has 2 aromatic carbocycles. The monoisotopic (exact) mass is 330 g/mol. The molecule has 2 aromatic rings. The van der Waals surface area contributed by atoms with Crippen molar-refractivity contribution >= 4 is 5.97 Å². The fourth-order valence-corrected chi connectivity index (χ4v) is 2.56. The third-order valence-electron chi connectivity index (χ3n) is 3.83. The first-order valence-corrected chi connectivity index (χ1v) is 7.86. The van der Waals surface area contributed by atoms with E-state index in [9.17, 15) is 9.18 Å². The quantitative estimate of drug-likeness (QED) is 0.732. The lowest BCUT2D eigenvalue weighted by Crippen LogP contribution is -2.34. The average molecular weight is 330 g/mol. The van der Waals surface area contributed by atoms with Crippen LogP contribution in [0.15, 0.2) is 60.7 Å². The number of carbonyl (C=O) groups is 1. The van der Waals surface area contributed by atoms with Crippen LogP contribution in [0.2, 0.25) is 0 Å². The SMILES string of the molecule is O=C1O[C@H](COCc2ccccc2)[C@@H](OCc2ccccc2)[C@@H]1F. The second-order valence-corrected chi connectivity index (χ2v) is 5.64. The van der Waals surface area contributed by atoms with E-state index in [1.807, 2.05) is 60.7 Å². The van der Waals surface area contributed by atoms with Crippen molar-refractivity contribution < 1.29 is 23.4 Å². The first-order chi connectivity index (χ1) is 11.7. The summed E-state index contributed by atoms with van der Waals surface area (Å²) < 4.78 is 30.2. The number of alkyl halides is 1. The van der Waals surface area contributed by atoms with Gasteiger partial charge in [0, 0.05) is 0 Å². The van der Waals surface area contributed by atoms with Crippen LogP contribution in [0.1, 0.15) is 11.1 Å². The van der Waals surface area contributed by atoms with Crippen LogP contribution in [0, 0.1) is 0 Å². The van der Waals surface area contributed by atoms with Crippen molar-refractivity contribution in [1.29, 1.82) is 0 Å². The Morgan fingerprint density at radius 3 is 2.12 bits per heavy atom. The highest BCUT2D eigenvalue weighted by atomic mass is 19.1. The topological polar surface area (TPSA) is 44.8 Å². The average Bonchev–Trinajstić information content (AvgIpc) is 2.89. The number of carbonyl (C=O) groups excluding carboxylic acids is 1. The van der Waals surface area contributed by atoms with Gasteiger partial charge in [-0.1, -0.05) is 60.7 Å². The normalized spacial score (nSPS) is 23.2. The maximum absolute atomic E-state index is 14.0. The van der Waals surface area contributed by atoms with Crippen molar-refractivity contribution in [2.75, 3.05) is 6.61 Å². The van der Waals surface area contributed by atoms with E-state index in [1.165, 1.54) is 0 Å². The highest BCUT2D eigenvalue weighted by molar-refractivity contribution is 5.78. The van der Waals surface area contributed by atoms with Gasteiger partial charge in [-0.05, 0) is 11.1 Å². The summed E-state index contributed by atoms with van der Waals surface area (Å²) in [5, 5.41) is 0. The molecule has 1 saturated heterocycles. The van der Waals surface area contributed by atoms with Crippen LogP contribution < -0.4 is 0 Å². The number of hydrogen-bond acceptors (Lipinski definition) is 4. The molecule has 0 unspecified atom stereocenters. The highest BCUT2D eigenvalue weighted by Crippen LogP contribution is 2.24. The zero-order valence-electron chi connectivity index (χ0n) is 13.1. The minimum atomic E-state index is -1.78. The van der Waals surface area contributed by atoms with Crippen LogP contribution in [0.5, 0.6) is 0 Å². The van der Waals surface area contributed by atoms with Gasteiger partial charge in [0.2, 0.25) is 6.17 Å². The van der Waals surface area contributed by atoms with Crippen molar-refractivity contribution in [2.45, 2.75) is 31.6 Å². The Bertz CT molecular complexity index is 647. The molecule has 1 heterocycles. The predicted molar refractivity (Wildman–Crippen MR) is 85.9 cm³/mol. The lowest BCUT2D eigenvalue weighted by molar-refractivity contribution is -0.147. The van der Waals surface area contributed by atoms with Crippen LogP contribution in [0.4, 0.5) is 4.39 Å². The van der Waals surface area contributed by atoms with Gasteiger partial charge < -0.3 is 14.2 Å². The predicted octanol–water partition coefficient (Wildman–Crippen LogP) is 3.05. The van der Waals surface area contributed by atoms with Crippen molar-refractivity contribution in [3.8, 4) is 0 Å². The van der Waals surface area contributed by atoms with E-state index < -0.39 is 24.3 Å². The summed E-state index contributed by atoms with van der Waals surface area (Å²) in [4.78, 5) is 11.5. The Morgan fingerprint density at radius 2 is 1.50 bits per heavy atom. The van der Waals surface area contributed by atoms with Crippen LogP contribution >= 0.6 is 0 Å². The molecular weight excluding hydrogens is 311 g/mol. The molecule has 3 atom stereocenters. The van der Waals surface area contributed by atoms with Crippen molar-refractivity contribution in [1.82, 2.24) is 0 Å². The van der Waals surface area contributed by atoms with Gasteiger partial charge >= 0.3 is 5.97 Å². The van der Waals surface area contributed by atoms with E-state index in [1.54, 1.807) is 0 Å². The molecule has 0 radical (unpaired) electrons. The number of hydrogen-bond donors (Lipinski definition) is 0. The zero-order valence-corrected chi connectivity index (χ0v) is 13.1. The summed E-state index contributed by atoms with van der Waals surface area (Å²) in [6.07, 6.45) is -3.47. The van der Waals surface area contributed by atoms with Gasteiger partial charge in [-0.15, -0.1) is 0 Å². The molecule has 1 fully saturated rings. The summed E-state index contributed by atoms with van der Waals surface area (Å²) >= 11 is 0. The van der Waals surface area contributed by atoms with Crippen molar-refractivity contribution in [3.05, 3.63) is 71.8 Å². The number of cyclic esters (lactones) is 1. The maximum Gasteiger partial charge on any atom is 0.344 e. The zero-order chi connectivity index (χ0) is 16.8. The third-order valence-corrected chi connectivity index (χ3v) is 3.83. The Hall–Kier alpha value is -2.24. The van der Waals surface area contributed by atoms with Gasteiger partial charge in [0.25, 0.3) is 0 Å². The minimum Gasteiger partial charge on any atom is -0.455 e. The van der Waals surface area contributed by atoms with Crippen LogP contribution in [0.3, 0.4) is 0 Å². The molecule has 0 aromatic heterocycles. The molecule has 3 rings (SSSR count). The Balaban J connectivity index is 1.53. The molecule has 0 N–H and O–H groups in total. The smallest absolute Gasteiger partial charge is 0.344 e. The summed E-state index contributed by atoms with van der Waals surface area (Å²) in [7, 11) is 0. The molecule has 0 saturated carbocycles. The summed E-state index contributed by atoms with van der Waals surface area (Å²) in [5.74, 6) is -0.888. The van der Waals surface area contributed by atoms with E-state index in [0.29, 0.717) is 6.61 Å². The molecule has 0 bridgehead atoms. The van der Waals surface area contributed by atoms with E-state index >= 15 is 0 Å². The van der Waals surface area contributed by atoms with Crippen molar-refractivity contribution in [2.24, 2.45) is 0 Å². The van der Waals surface area contributed by atoms with Gasteiger partial charge in [0.05, 0.1) is 19.8 Å². The first kappa shape index (κ1) is 16.6. The molecule has 1 aliphatic heterocycles. The highest BCUT2D eigenvalue weighted by Gasteiger charge is 2.46. The van der Waals surface area contributed by atoms with Crippen LogP contribution in [-0.4, -0.2) is 31.0 Å². The molecular formula is C19H19FO4. The van der Waals surface area contributed by atoms with Gasteiger partial charge in [0.15, 0.2) is 6.10 Å². The number of halogens is 1. The summed E-state index contributed by atoms with van der Waals surface area (Å²) in [6.45, 7) is 0.690. The molecule has 0 spiro atoms. The summed E-state index contributed by atoms with van der Waals surface area (Å²) in [6, 6.07) is 19.0. The second kappa shape index (κ2) is 8.04. The third kappa shape index (κ3) is 4.19. The number of benzene rings is 2. The molecule has 5 heteroatoms. The summed E-state index contributed by atoms with van der Waals surface area (Å²) in [5.41, 5.74) is 1.91. The fourth-order valence-electron chi connectivity index (χ4n) is 2.56. The van der Waals surface area contributed by atoms with Gasteiger partial charge in [-0.3, -0.25) is 0 Å². The van der Waals surface area contributed by atoms with Crippen molar-refractivity contribution in [3.63, 3.8) is 0 Å². The maximum atomic E-state index is 14.0. The molecule has 126 valence electrons. The van der Waals surface area contributed by atoms with E-state index in [0.717, 1.165) is 11.1 Å². The minimum absolute atomic E-state index is 0.0977. The lowest BCUT2D eigenvalue weighted by Gasteiger charge is -2.19. The number of ether oxygens (including phenoxy) is 3.